The van der Waals surface area contributed by atoms with Crippen LogP contribution in [-0.4, -0.2) is 64.9 Å². The molecule has 0 fully saturated rings. The number of rotatable bonds is 13. The molecule has 0 unspecified atom stereocenters. The quantitative estimate of drug-likeness (QED) is 0.191. The Morgan fingerprint density at radius 1 is 1.00 bits per heavy atom. The number of nitrogens with two attached hydrogens (primary N) is 3. The van der Waals surface area contributed by atoms with Crippen LogP contribution in [0.1, 0.15) is 24.0 Å². The molecule has 0 saturated carbocycles. The van der Waals surface area contributed by atoms with Crippen LogP contribution < -0.4 is 27.8 Å². The van der Waals surface area contributed by atoms with Gasteiger partial charge in [0.15, 0.2) is 0 Å². The summed E-state index contributed by atoms with van der Waals surface area (Å²) in [4.78, 5) is 33.1. The molecule has 41 heavy (non-hydrogen) atoms. The van der Waals surface area contributed by atoms with Crippen molar-refractivity contribution in [3.8, 4) is 0 Å². The molecule has 3 aromatic rings. The van der Waals surface area contributed by atoms with Crippen LogP contribution in [0, 0.1) is 0 Å². The number of para-hydroxylation sites is 1. The molecule has 2 aromatic carbocycles. The van der Waals surface area contributed by atoms with E-state index in [1.54, 1.807) is 6.07 Å². The summed E-state index contributed by atoms with van der Waals surface area (Å²) >= 11 is 5.45. The lowest BCUT2D eigenvalue weighted by atomic mass is 10.0. The van der Waals surface area contributed by atoms with E-state index in [4.69, 9.17) is 29.4 Å². The van der Waals surface area contributed by atoms with Gasteiger partial charge in [0, 0.05) is 38.0 Å². The highest BCUT2D eigenvalue weighted by Crippen LogP contribution is 2.29. The molecule has 1 aromatic heterocycles. The van der Waals surface area contributed by atoms with Crippen LogP contribution >= 0.6 is 12.2 Å². The first-order valence-corrected chi connectivity index (χ1v) is 13.5. The molecule has 2 atom stereocenters. The Kier molecular flexibility index (Phi) is 11.5. The van der Waals surface area contributed by atoms with Crippen LogP contribution in [0.5, 0.6) is 0 Å². The zero-order valence-corrected chi connectivity index (χ0v) is 23.2. The summed E-state index contributed by atoms with van der Waals surface area (Å²) in [5.74, 6) is -1.17. The van der Waals surface area contributed by atoms with Crippen molar-refractivity contribution in [2.24, 2.45) is 17.2 Å². The van der Waals surface area contributed by atoms with E-state index < -0.39 is 35.6 Å². The first kappa shape index (κ1) is 31.9. The normalized spacial score (nSPS) is 12.9. The molecular formula is C28H34F3N7O2S. The Morgan fingerprint density at radius 3 is 2.29 bits per heavy atom. The van der Waals surface area contributed by atoms with E-state index in [-0.39, 0.29) is 12.8 Å². The Hall–Kier alpha value is -3.65. The van der Waals surface area contributed by atoms with Crippen molar-refractivity contribution in [3.05, 3.63) is 71.9 Å². The summed E-state index contributed by atoms with van der Waals surface area (Å²) in [5, 5.41) is 6.19. The van der Waals surface area contributed by atoms with Crippen LogP contribution in [0.15, 0.2) is 60.8 Å². The van der Waals surface area contributed by atoms with E-state index in [2.05, 4.69) is 15.6 Å². The lowest BCUT2D eigenvalue weighted by molar-refractivity contribution is -0.137. The molecule has 0 aliphatic heterocycles. The van der Waals surface area contributed by atoms with Crippen LogP contribution in [-0.2, 0) is 22.2 Å². The lowest BCUT2D eigenvalue weighted by Gasteiger charge is -2.25. The summed E-state index contributed by atoms with van der Waals surface area (Å²) in [5.41, 5.74) is 18.1. The van der Waals surface area contributed by atoms with Gasteiger partial charge in [-0.3, -0.25) is 14.6 Å². The summed E-state index contributed by atoms with van der Waals surface area (Å²) in [6.45, 7) is 1.83. The molecule has 8 N–H and O–H groups in total. The van der Waals surface area contributed by atoms with Crippen LogP contribution in [0.4, 0.5) is 18.9 Å². The molecule has 0 bridgehead atoms. The zero-order valence-electron chi connectivity index (χ0n) is 22.4. The topological polar surface area (TPSA) is 152 Å². The highest BCUT2D eigenvalue weighted by Gasteiger charge is 2.30. The molecule has 0 aliphatic carbocycles. The van der Waals surface area contributed by atoms with E-state index >= 15 is 0 Å². The monoisotopic (exact) mass is 589 g/mol. The minimum Gasteiger partial charge on any atom is -0.364 e. The Balaban J connectivity index is 1.73. The molecule has 220 valence electrons. The molecule has 2 amide bonds. The van der Waals surface area contributed by atoms with Crippen molar-refractivity contribution < 1.29 is 22.8 Å². The Bertz CT molecular complexity index is 1330. The van der Waals surface area contributed by atoms with Crippen molar-refractivity contribution in [3.63, 3.8) is 0 Å². The smallest absolute Gasteiger partial charge is 0.364 e. The third-order valence-electron chi connectivity index (χ3n) is 6.37. The number of carbonyl (C=O) groups excluding carboxylic acids is 2. The van der Waals surface area contributed by atoms with Gasteiger partial charge in [-0.15, -0.1) is 0 Å². The summed E-state index contributed by atoms with van der Waals surface area (Å²) in [6, 6.07) is 11.4. The first-order chi connectivity index (χ1) is 19.5. The van der Waals surface area contributed by atoms with Crippen molar-refractivity contribution in [2.75, 3.05) is 31.5 Å². The Labute approximate surface area is 241 Å². The maximum atomic E-state index is 13.3. The standard InChI is InChI=1S/C28H34F3N7O2S/c29-28(30,31)20-7-5-18(6-8-20)15-24(27(40)36-21-16-19-3-1-2-4-23(19)35-17-21)37-26(39)22(34)9-10-25(41)38(13-11-32)14-12-33/h1-8,16-17,22,24H,9-15,32-34H2,(H,36,40)(H,37,39)/t22-,24+/m0/s1. The molecule has 3 rings (SSSR count). The fraction of sp³-hybridized carbons (Fsp3) is 0.357. The Morgan fingerprint density at radius 2 is 1.66 bits per heavy atom. The van der Waals surface area contributed by atoms with E-state index in [1.165, 1.54) is 18.3 Å². The fourth-order valence-corrected chi connectivity index (χ4v) is 4.46. The average molecular weight is 590 g/mol. The number of halogens is 3. The molecule has 0 radical (unpaired) electrons. The molecule has 0 aliphatic rings. The number of hydrogen-bond donors (Lipinski definition) is 5. The van der Waals surface area contributed by atoms with E-state index in [0.717, 1.165) is 23.0 Å². The number of nitrogens with one attached hydrogen (secondary N) is 2. The molecule has 13 heteroatoms. The van der Waals surface area contributed by atoms with Gasteiger partial charge in [0.05, 0.1) is 34.0 Å². The molecular weight excluding hydrogens is 555 g/mol. The maximum absolute atomic E-state index is 13.3. The third-order valence-corrected chi connectivity index (χ3v) is 6.83. The molecule has 0 saturated heterocycles. The van der Waals surface area contributed by atoms with Crippen LogP contribution in [0.25, 0.3) is 10.9 Å². The number of thiocarbonyl (C=S) groups is 1. The highest BCUT2D eigenvalue weighted by atomic mass is 32.1. The predicted molar refractivity (Wildman–Crippen MR) is 157 cm³/mol. The average Bonchev–Trinajstić information content (AvgIpc) is 2.94. The van der Waals surface area contributed by atoms with E-state index in [0.29, 0.717) is 48.8 Å². The zero-order chi connectivity index (χ0) is 30.0. The van der Waals surface area contributed by atoms with Crippen molar-refractivity contribution in [1.82, 2.24) is 15.2 Å². The fourth-order valence-electron chi connectivity index (χ4n) is 4.16. The number of carbonyl (C=O) groups is 2. The van der Waals surface area contributed by atoms with Gasteiger partial charge in [-0.25, -0.2) is 0 Å². The number of hydrogen-bond acceptors (Lipinski definition) is 7. The van der Waals surface area contributed by atoms with Gasteiger partial charge in [0.25, 0.3) is 0 Å². The number of pyridine rings is 1. The predicted octanol–water partition coefficient (Wildman–Crippen LogP) is 2.57. The number of alkyl halides is 3. The maximum Gasteiger partial charge on any atom is 0.416 e. The summed E-state index contributed by atoms with van der Waals surface area (Å²) in [7, 11) is 0. The second-order valence-corrected chi connectivity index (χ2v) is 9.94. The minimum atomic E-state index is -4.50. The van der Waals surface area contributed by atoms with Gasteiger partial charge in [-0.05, 0) is 42.7 Å². The number of anilines is 1. The highest BCUT2D eigenvalue weighted by molar-refractivity contribution is 7.80. The number of fused-ring (bicyclic) bond motifs is 1. The summed E-state index contributed by atoms with van der Waals surface area (Å²) < 4.78 is 39.1. The van der Waals surface area contributed by atoms with Gasteiger partial charge in [0.2, 0.25) is 11.8 Å². The third kappa shape index (κ3) is 9.46. The van der Waals surface area contributed by atoms with E-state index in [1.807, 2.05) is 29.2 Å². The minimum absolute atomic E-state index is 0.0668. The molecule has 0 spiro atoms. The van der Waals surface area contributed by atoms with Crippen molar-refractivity contribution in [1.29, 1.82) is 0 Å². The second kappa shape index (κ2) is 14.8. The van der Waals surface area contributed by atoms with Gasteiger partial charge >= 0.3 is 6.18 Å². The summed E-state index contributed by atoms with van der Waals surface area (Å²) in [6.07, 6.45) is -2.53. The van der Waals surface area contributed by atoms with Gasteiger partial charge in [-0.1, -0.05) is 42.5 Å². The SMILES string of the molecule is NCCN(CCN)C(=S)CC[C@H](N)C(=O)N[C@H](Cc1ccc(C(F)(F)F)cc1)C(=O)Nc1cnc2ccccc2c1. The number of aromatic nitrogens is 1. The van der Waals surface area contributed by atoms with Crippen molar-refractivity contribution >= 4 is 45.6 Å². The molecule has 1 heterocycles. The van der Waals surface area contributed by atoms with Gasteiger partial charge in [-0.2, -0.15) is 13.2 Å². The van der Waals surface area contributed by atoms with Crippen LogP contribution in [0.3, 0.4) is 0 Å². The number of nitrogens with zero attached hydrogens (tertiary/aromatic N) is 2. The second-order valence-electron chi connectivity index (χ2n) is 9.47. The van der Waals surface area contributed by atoms with Crippen LogP contribution in [0.2, 0.25) is 0 Å². The lowest BCUT2D eigenvalue weighted by Crippen LogP contribution is -2.51. The molecule has 9 nitrogen and oxygen atoms in total. The number of amides is 2. The largest absolute Gasteiger partial charge is 0.416 e. The van der Waals surface area contributed by atoms with Gasteiger partial charge in [0.1, 0.15) is 6.04 Å². The number of benzene rings is 2. The first-order valence-electron chi connectivity index (χ1n) is 13.1. The van der Waals surface area contributed by atoms with Crippen molar-refractivity contribution in [2.45, 2.75) is 37.5 Å². The van der Waals surface area contributed by atoms with E-state index in [9.17, 15) is 22.8 Å². The van der Waals surface area contributed by atoms with Gasteiger partial charge < -0.3 is 32.7 Å².